The molecule has 2 unspecified atom stereocenters. The number of ether oxygens (including phenoxy) is 1. The zero-order chi connectivity index (χ0) is 12.8. The molecule has 1 fully saturated rings. The summed E-state index contributed by atoms with van der Waals surface area (Å²) >= 11 is 0. The predicted molar refractivity (Wildman–Crippen MR) is 72.5 cm³/mol. The molecule has 0 bridgehead atoms. The summed E-state index contributed by atoms with van der Waals surface area (Å²) in [5.41, 5.74) is 0. The highest BCUT2D eigenvalue weighted by Gasteiger charge is 2.29. The van der Waals surface area contributed by atoms with Crippen molar-refractivity contribution in [2.75, 3.05) is 13.2 Å². The zero-order valence-electron chi connectivity index (χ0n) is 11.6. The molecule has 1 aliphatic rings. The van der Waals surface area contributed by atoms with Crippen LogP contribution in [-0.4, -0.2) is 28.8 Å². The molecular weight excluding hydrogens is 226 g/mol. The highest BCUT2D eigenvalue weighted by molar-refractivity contribution is 5.03. The maximum absolute atomic E-state index is 5.85. The van der Waals surface area contributed by atoms with Gasteiger partial charge in [0.25, 0.3) is 0 Å². The number of imidazole rings is 1. The van der Waals surface area contributed by atoms with Crippen LogP contribution in [0.1, 0.15) is 51.4 Å². The van der Waals surface area contributed by atoms with Gasteiger partial charge < -0.3 is 14.6 Å². The number of hydrogen-bond donors (Lipinski definition) is 1. The molecule has 0 spiro atoms. The molecule has 0 aliphatic carbocycles. The van der Waals surface area contributed by atoms with Crippen molar-refractivity contribution >= 4 is 0 Å². The molecule has 2 rings (SSSR count). The summed E-state index contributed by atoms with van der Waals surface area (Å²) in [6.07, 6.45) is 8.85. The van der Waals surface area contributed by atoms with Crippen LogP contribution in [0.2, 0.25) is 0 Å². The normalized spacial score (nSPS) is 21.3. The van der Waals surface area contributed by atoms with E-state index < -0.39 is 0 Å². The Labute approximate surface area is 110 Å². The first-order valence-corrected chi connectivity index (χ1v) is 7.22. The van der Waals surface area contributed by atoms with Gasteiger partial charge in [-0.15, -0.1) is 0 Å². The molecule has 1 saturated heterocycles. The van der Waals surface area contributed by atoms with Crippen LogP contribution in [0.3, 0.4) is 0 Å². The van der Waals surface area contributed by atoms with Gasteiger partial charge >= 0.3 is 0 Å². The molecule has 1 aliphatic heterocycles. The quantitative estimate of drug-likeness (QED) is 0.809. The van der Waals surface area contributed by atoms with Crippen LogP contribution in [0.25, 0.3) is 0 Å². The van der Waals surface area contributed by atoms with Crippen LogP contribution < -0.4 is 5.32 Å². The Morgan fingerprint density at radius 2 is 2.39 bits per heavy atom. The summed E-state index contributed by atoms with van der Waals surface area (Å²) in [4.78, 5) is 4.55. The second-order valence-corrected chi connectivity index (χ2v) is 4.96. The minimum Gasteiger partial charge on any atom is -0.376 e. The van der Waals surface area contributed by atoms with Crippen molar-refractivity contribution in [3.8, 4) is 0 Å². The van der Waals surface area contributed by atoms with E-state index in [-0.39, 0.29) is 12.1 Å². The number of aryl methyl sites for hydroxylation is 1. The Kier molecular flexibility index (Phi) is 5.20. The summed E-state index contributed by atoms with van der Waals surface area (Å²) < 4.78 is 8.11. The van der Waals surface area contributed by atoms with Crippen LogP contribution in [0.4, 0.5) is 0 Å². The molecule has 1 aromatic rings. The van der Waals surface area contributed by atoms with Gasteiger partial charge in [0.05, 0.1) is 12.1 Å². The van der Waals surface area contributed by atoms with Crippen molar-refractivity contribution in [2.45, 2.75) is 58.2 Å². The van der Waals surface area contributed by atoms with Crippen LogP contribution in [0.15, 0.2) is 12.4 Å². The van der Waals surface area contributed by atoms with E-state index in [2.05, 4.69) is 34.9 Å². The van der Waals surface area contributed by atoms with Gasteiger partial charge in [-0.25, -0.2) is 4.98 Å². The fourth-order valence-electron chi connectivity index (χ4n) is 2.58. The first-order valence-electron chi connectivity index (χ1n) is 7.22. The van der Waals surface area contributed by atoms with Gasteiger partial charge in [0, 0.05) is 25.5 Å². The van der Waals surface area contributed by atoms with E-state index in [1.807, 2.05) is 6.20 Å². The van der Waals surface area contributed by atoms with Crippen molar-refractivity contribution in [1.82, 2.24) is 14.9 Å². The van der Waals surface area contributed by atoms with Gasteiger partial charge in [-0.1, -0.05) is 13.8 Å². The smallest absolute Gasteiger partial charge is 0.128 e. The van der Waals surface area contributed by atoms with E-state index in [9.17, 15) is 0 Å². The lowest BCUT2D eigenvalue weighted by molar-refractivity contribution is 0.0744. The largest absolute Gasteiger partial charge is 0.376 e. The second-order valence-electron chi connectivity index (χ2n) is 4.96. The van der Waals surface area contributed by atoms with Gasteiger partial charge in [-0.3, -0.25) is 0 Å². The molecule has 102 valence electrons. The minimum atomic E-state index is 0.244. The van der Waals surface area contributed by atoms with Crippen molar-refractivity contribution < 1.29 is 4.74 Å². The molecule has 2 atom stereocenters. The highest BCUT2D eigenvalue weighted by atomic mass is 16.5. The minimum absolute atomic E-state index is 0.244. The topological polar surface area (TPSA) is 39.1 Å². The fraction of sp³-hybridized carbons (Fsp3) is 0.786. The molecule has 1 N–H and O–H groups in total. The third-order valence-corrected chi connectivity index (χ3v) is 3.44. The summed E-state index contributed by atoms with van der Waals surface area (Å²) in [5.74, 6) is 1.14. The first kappa shape index (κ1) is 13.6. The summed E-state index contributed by atoms with van der Waals surface area (Å²) in [6.45, 7) is 7.34. The van der Waals surface area contributed by atoms with Crippen LogP contribution in [0.5, 0.6) is 0 Å². The first-order chi connectivity index (χ1) is 8.86. The molecular formula is C14H25N3O. The molecule has 18 heavy (non-hydrogen) atoms. The lowest BCUT2D eigenvalue weighted by Crippen LogP contribution is -2.34. The molecule has 0 aromatic carbocycles. The van der Waals surface area contributed by atoms with Gasteiger partial charge in [0.15, 0.2) is 0 Å². The summed E-state index contributed by atoms with van der Waals surface area (Å²) in [5, 5.41) is 3.60. The summed E-state index contributed by atoms with van der Waals surface area (Å²) in [6, 6.07) is 0.244. The van der Waals surface area contributed by atoms with Crippen molar-refractivity contribution in [3.05, 3.63) is 18.2 Å². The van der Waals surface area contributed by atoms with Crippen LogP contribution in [-0.2, 0) is 11.3 Å². The molecule has 1 aromatic heterocycles. The standard InChI is InChI=1S/C14H25N3O/c1-3-7-15-13(12-6-5-11-18-12)14-16-8-10-17(14)9-4-2/h8,10,12-13,15H,3-7,9,11H2,1-2H3. The van der Waals surface area contributed by atoms with E-state index in [1.165, 1.54) is 6.42 Å². The Morgan fingerprint density at radius 3 is 3.06 bits per heavy atom. The SMILES string of the molecule is CCCNC(c1nccn1CCC)C1CCCO1. The highest BCUT2D eigenvalue weighted by Crippen LogP contribution is 2.26. The average Bonchev–Trinajstić information content (AvgIpc) is 3.02. The van der Waals surface area contributed by atoms with E-state index in [0.29, 0.717) is 0 Å². The van der Waals surface area contributed by atoms with Gasteiger partial charge in [0.2, 0.25) is 0 Å². The Morgan fingerprint density at radius 1 is 1.50 bits per heavy atom. The second kappa shape index (κ2) is 6.90. The number of hydrogen-bond acceptors (Lipinski definition) is 3. The third kappa shape index (κ3) is 3.12. The van der Waals surface area contributed by atoms with Crippen molar-refractivity contribution in [1.29, 1.82) is 0 Å². The number of aromatic nitrogens is 2. The van der Waals surface area contributed by atoms with Crippen molar-refractivity contribution in [2.24, 2.45) is 0 Å². The van der Waals surface area contributed by atoms with E-state index in [0.717, 1.165) is 44.8 Å². The number of nitrogens with one attached hydrogen (secondary N) is 1. The summed E-state index contributed by atoms with van der Waals surface area (Å²) in [7, 11) is 0. The average molecular weight is 251 g/mol. The van der Waals surface area contributed by atoms with Gasteiger partial charge in [0.1, 0.15) is 5.82 Å². The Hall–Kier alpha value is -0.870. The molecule has 2 heterocycles. The maximum atomic E-state index is 5.85. The monoisotopic (exact) mass is 251 g/mol. The lowest BCUT2D eigenvalue weighted by Gasteiger charge is -2.24. The van der Waals surface area contributed by atoms with E-state index in [1.54, 1.807) is 0 Å². The Bertz CT molecular complexity index is 345. The molecule has 0 radical (unpaired) electrons. The Balaban J connectivity index is 2.12. The molecule has 0 amide bonds. The van der Waals surface area contributed by atoms with Crippen LogP contribution in [0, 0.1) is 0 Å². The number of rotatable bonds is 7. The van der Waals surface area contributed by atoms with Crippen LogP contribution >= 0.6 is 0 Å². The van der Waals surface area contributed by atoms with Gasteiger partial charge in [-0.05, 0) is 32.2 Å². The molecule has 4 heteroatoms. The molecule has 4 nitrogen and oxygen atoms in total. The number of nitrogens with zero attached hydrogens (tertiary/aromatic N) is 2. The lowest BCUT2D eigenvalue weighted by atomic mass is 10.1. The van der Waals surface area contributed by atoms with Crippen molar-refractivity contribution in [3.63, 3.8) is 0 Å². The van der Waals surface area contributed by atoms with E-state index >= 15 is 0 Å². The molecule has 0 saturated carbocycles. The van der Waals surface area contributed by atoms with Gasteiger partial charge in [-0.2, -0.15) is 0 Å². The van der Waals surface area contributed by atoms with E-state index in [4.69, 9.17) is 4.74 Å². The zero-order valence-corrected chi connectivity index (χ0v) is 11.6. The maximum Gasteiger partial charge on any atom is 0.128 e. The fourth-order valence-corrected chi connectivity index (χ4v) is 2.58. The predicted octanol–water partition coefficient (Wildman–Crippen LogP) is 2.51. The third-order valence-electron chi connectivity index (χ3n) is 3.44.